The first-order chi connectivity index (χ1) is 22.8. The quantitative estimate of drug-likeness (QED) is 0.213. The lowest BCUT2D eigenvalue weighted by molar-refractivity contribution is 0.430. The smallest absolute Gasteiger partial charge is 0.0996 e. The molecule has 64 heavy (non-hydrogen) atoms. The van der Waals surface area contributed by atoms with Gasteiger partial charge in [-0.05, 0) is 145 Å². The molecule has 0 aliphatic rings. The summed E-state index contributed by atoms with van der Waals surface area (Å²) in [5.74, 6) is 0. The summed E-state index contributed by atoms with van der Waals surface area (Å²) in [6, 6.07) is 0. The normalized spacial score (nSPS) is 12.2. The highest BCUT2D eigenvalue weighted by atomic mass is 32.2. The zero-order valence-corrected chi connectivity index (χ0v) is 41.6. The van der Waals surface area contributed by atoms with Gasteiger partial charge in [0, 0.05) is 0 Å². The van der Waals surface area contributed by atoms with Crippen LogP contribution in [-0.2, 0) is 70.8 Å². The van der Waals surface area contributed by atoms with E-state index in [2.05, 4.69) is 0 Å². The Kier molecular flexibility index (Phi) is 55.6. The standard InChI is InChI=1S/7C4H10O3S.8CH4/c7*1-4(2,3)8(5,6)7;;;;;;;;/h7*1-3H3,(H,5,6,7);8*1H4/p-7. The van der Waals surface area contributed by atoms with Gasteiger partial charge in [0.1, 0.15) is 0 Å². The summed E-state index contributed by atoms with van der Waals surface area (Å²) in [5.41, 5.74) is 0. The SMILES string of the molecule is C.C.C.C.C.C.C.C.CC(C)(C)S(=O)(=O)[O-].CC(C)(C)S(=O)(=O)[O-].CC(C)(C)S(=O)(=O)[O-].CC(C)(C)S(=O)(=O)[O-].CC(C)(C)S(=O)(=O)[O-].CC(C)(C)S(=O)(=O)[O-].CC(C)(C)S(=O)(=O)[O-]. The van der Waals surface area contributed by atoms with Gasteiger partial charge in [-0.1, -0.05) is 59.4 Å². The predicted octanol–water partition coefficient (Wildman–Crippen LogP) is 7.40. The van der Waals surface area contributed by atoms with Crippen molar-refractivity contribution in [3.8, 4) is 0 Å². The van der Waals surface area contributed by atoms with Crippen LogP contribution < -0.4 is 0 Å². The van der Waals surface area contributed by atoms with E-state index in [0.29, 0.717) is 0 Å². The molecule has 0 unspecified atom stereocenters. The fourth-order valence-electron chi connectivity index (χ4n) is 0. The average Bonchev–Trinajstić information content (AvgIpc) is 2.72. The Bertz CT molecular complexity index is 1540. The molecule has 0 spiro atoms. The maximum absolute atomic E-state index is 10.1. The van der Waals surface area contributed by atoms with Crippen LogP contribution in [0.4, 0.5) is 0 Å². The van der Waals surface area contributed by atoms with Crippen LogP contribution in [0.15, 0.2) is 0 Å². The molecule has 0 aromatic carbocycles. The lowest BCUT2D eigenvalue weighted by Gasteiger charge is -2.22. The van der Waals surface area contributed by atoms with Gasteiger partial charge in [-0.15, -0.1) is 0 Å². The molecule has 0 aromatic rings. The molecule has 0 aromatic heterocycles. The van der Waals surface area contributed by atoms with E-state index in [1.54, 1.807) is 0 Å². The monoisotopic (exact) mass is 1090 g/mol. The van der Waals surface area contributed by atoms with E-state index in [9.17, 15) is 90.8 Å². The van der Waals surface area contributed by atoms with Crippen molar-refractivity contribution in [3.05, 3.63) is 0 Å². The van der Waals surface area contributed by atoms with E-state index < -0.39 is 104 Å². The Labute approximate surface area is 397 Å². The van der Waals surface area contributed by atoms with Crippen LogP contribution >= 0.6 is 0 Å². The van der Waals surface area contributed by atoms with Crippen LogP contribution in [0.25, 0.3) is 0 Å². The van der Waals surface area contributed by atoms with E-state index in [4.69, 9.17) is 0 Å². The molecule has 0 bridgehead atoms. The van der Waals surface area contributed by atoms with E-state index in [-0.39, 0.29) is 59.4 Å². The molecule has 414 valence electrons. The second-order valence-corrected chi connectivity index (χ2v) is 32.9. The van der Waals surface area contributed by atoms with Crippen LogP contribution in [0, 0.1) is 0 Å². The highest BCUT2D eigenvalue weighted by molar-refractivity contribution is 7.88. The van der Waals surface area contributed by atoms with E-state index >= 15 is 0 Å². The third-order valence-electron chi connectivity index (χ3n) is 5.25. The second kappa shape index (κ2) is 33.8. The predicted molar refractivity (Wildman–Crippen MR) is 260 cm³/mol. The fraction of sp³-hybridized carbons (Fsp3) is 1.00. The van der Waals surface area contributed by atoms with Crippen LogP contribution in [0.1, 0.15) is 205 Å². The van der Waals surface area contributed by atoms with Crippen LogP contribution in [-0.4, -0.2) is 124 Å². The Morgan fingerprint density at radius 1 is 0.172 bits per heavy atom. The van der Waals surface area contributed by atoms with Crippen molar-refractivity contribution < 1.29 is 90.8 Å². The maximum Gasteiger partial charge on any atom is 0.0996 e. The number of hydrogen-bond donors (Lipinski definition) is 0. The van der Waals surface area contributed by atoms with Crippen LogP contribution in [0.2, 0.25) is 0 Å². The third-order valence-corrected chi connectivity index (χ3v) is 15.8. The molecule has 0 atom stereocenters. The zero-order valence-electron chi connectivity index (χ0n) is 35.9. The van der Waals surface area contributed by atoms with E-state index in [0.717, 1.165) is 0 Å². The molecule has 0 amide bonds. The molecular weight excluding hydrogens is 993 g/mol. The van der Waals surface area contributed by atoms with Crippen molar-refractivity contribution in [2.24, 2.45) is 0 Å². The Balaban J connectivity index is -0.0000000330. The first-order valence-electron chi connectivity index (χ1n) is 15.4. The van der Waals surface area contributed by atoms with Gasteiger partial charge in [-0.3, -0.25) is 0 Å². The van der Waals surface area contributed by atoms with Gasteiger partial charge in [0.2, 0.25) is 0 Å². The first kappa shape index (κ1) is 105. The van der Waals surface area contributed by atoms with Gasteiger partial charge in [-0.25, -0.2) is 58.9 Å². The summed E-state index contributed by atoms with van der Waals surface area (Å²) < 4.78 is 204. The van der Waals surface area contributed by atoms with Gasteiger partial charge in [-0.2, -0.15) is 0 Å². The summed E-state index contributed by atoms with van der Waals surface area (Å²) in [5, 5.41) is 0. The van der Waals surface area contributed by atoms with Crippen molar-refractivity contribution in [2.75, 3.05) is 0 Å². The molecule has 0 saturated carbocycles. The van der Waals surface area contributed by atoms with Crippen LogP contribution in [0.5, 0.6) is 0 Å². The summed E-state index contributed by atoms with van der Waals surface area (Å²) in [4.78, 5) is 0. The Hall–Kier alpha value is -0.630. The van der Waals surface area contributed by atoms with Crippen molar-refractivity contribution in [1.29, 1.82) is 0 Å². The van der Waals surface area contributed by atoms with Gasteiger partial charge < -0.3 is 31.9 Å². The highest BCUT2D eigenvalue weighted by Crippen LogP contribution is 2.15. The molecule has 0 aliphatic heterocycles. The van der Waals surface area contributed by atoms with Crippen molar-refractivity contribution in [3.63, 3.8) is 0 Å². The molecule has 0 N–H and O–H groups in total. The van der Waals surface area contributed by atoms with Gasteiger partial charge in [0.05, 0.1) is 104 Å². The minimum absolute atomic E-state index is 0. The molecule has 0 rings (SSSR count). The molecule has 0 saturated heterocycles. The van der Waals surface area contributed by atoms with Crippen molar-refractivity contribution in [1.82, 2.24) is 0 Å². The maximum atomic E-state index is 10.1. The summed E-state index contributed by atoms with van der Waals surface area (Å²) in [6.45, 7) is 28.8. The largest absolute Gasteiger partial charge is 0.748 e. The Morgan fingerprint density at radius 2 is 0.188 bits per heavy atom. The fourth-order valence-corrected chi connectivity index (χ4v) is 0. The minimum Gasteiger partial charge on any atom is -0.748 e. The third kappa shape index (κ3) is 57.5. The van der Waals surface area contributed by atoms with E-state index in [1.165, 1.54) is 145 Å². The highest BCUT2D eigenvalue weighted by Gasteiger charge is 2.21. The summed E-state index contributed by atoms with van der Waals surface area (Å²) in [6.07, 6.45) is 0. The molecule has 28 heteroatoms. The average molecular weight is 1090 g/mol. The zero-order chi connectivity index (χ0) is 49.0. The molecule has 0 fully saturated rings. The lowest BCUT2D eigenvalue weighted by atomic mass is 10.3. The number of rotatable bonds is 0. The minimum atomic E-state index is -4.09. The lowest BCUT2D eigenvalue weighted by Crippen LogP contribution is -2.26. The first-order valence-corrected chi connectivity index (χ1v) is 25.3. The molecular formula is C36H95O21S7-7. The molecule has 0 aliphatic carbocycles. The van der Waals surface area contributed by atoms with E-state index in [1.807, 2.05) is 0 Å². The second-order valence-electron chi connectivity index (χ2n) is 18.0. The molecule has 0 heterocycles. The topological polar surface area (TPSA) is 400 Å². The number of hydrogen-bond acceptors (Lipinski definition) is 21. The Morgan fingerprint density at radius 3 is 0.188 bits per heavy atom. The molecule has 0 radical (unpaired) electrons. The van der Waals surface area contributed by atoms with Gasteiger partial charge in [0.15, 0.2) is 0 Å². The van der Waals surface area contributed by atoms with Crippen molar-refractivity contribution in [2.45, 2.75) is 238 Å². The van der Waals surface area contributed by atoms with Gasteiger partial charge >= 0.3 is 0 Å². The molecule has 21 nitrogen and oxygen atoms in total. The summed E-state index contributed by atoms with van der Waals surface area (Å²) in [7, 11) is -28.6. The van der Waals surface area contributed by atoms with Crippen LogP contribution in [0.3, 0.4) is 0 Å². The van der Waals surface area contributed by atoms with Gasteiger partial charge in [0.25, 0.3) is 0 Å². The van der Waals surface area contributed by atoms with Crippen molar-refractivity contribution >= 4 is 70.8 Å². The summed E-state index contributed by atoms with van der Waals surface area (Å²) >= 11 is 0.